The van der Waals surface area contributed by atoms with Crippen molar-refractivity contribution < 1.29 is 23.5 Å². The molecule has 0 radical (unpaired) electrons. The molecule has 2 rings (SSSR count). The van der Waals surface area contributed by atoms with Gasteiger partial charge in [0.1, 0.15) is 23.4 Å². The molecule has 0 saturated carbocycles. The van der Waals surface area contributed by atoms with Crippen LogP contribution in [0.3, 0.4) is 0 Å². The molecule has 2 aromatic carbocycles. The zero-order valence-corrected chi connectivity index (χ0v) is 17.9. The van der Waals surface area contributed by atoms with Crippen molar-refractivity contribution in [1.82, 2.24) is 10.2 Å². The van der Waals surface area contributed by atoms with E-state index in [1.54, 1.807) is 26.2 Å². The Bertz CT molecular complexity index is 824. The van der Waals surface area contributed by atoms with Gasteiger partial charge < -0.3 is 19.7 Å². The van der Waals surface area contributed by atoms with Crippen molar-refractivity contribution >= 4 is 11.8 Å². The van der Waals surface area contributed by atoms with Crippen LogP contribution < -0.4 is 14.8 Å². The van der Waals surface area contributed by atoms with Crippen molar-refractivity contribution in [2.75, 3.05) is 13.7 Å². The predicted molar refractivity (Wildman–Crippen MR) is 113 cm³/mol. The molecule has 0 heterocycles. The molecule has 30 heavy (non-hydrogen) atoms. The van der Waals surface area contributed by atoms with Crippen molar-refractivity contribution in [2.45, 2.75) is 45.8 Å². The Hall–Kier alpha value is -3.09. The van der Waals surface area contributed by atoms with Crippen molar-refractivity contribution in [3.8, 4) is 11.5 Å². The van der Waals surface area contributed by atoms with Crippen molar-refractivity contribution in [3.05, 3.63) is 59.9 Å². The van der Waals surface area contributed by atoms with Gasteiger partial charge in [-0.25, -0.2) is 4.39 Å². The number of carbonyl (C=O) groups is 2. The first kappa shape index (κ1) is 23.2. The Labute approximate surface area is 177 Å². The number of hydrogen-bond donors (Lipinski definition) is 1. The summed E-state index contributed by atoms with van der Waals surface area (Å²) >= 11 is 0. The Morgan fingerprint density at radius 2 is 1.63 bits per heavy atom. The zero-order chi connectivity index (χ0) is 22.1. The Morgan fingerprint density at radius 3 is 2.20 bits per heavy atom. The highest BCUT2D eigenvalue weighted by atomic mass is 19.1. The number of nitrogens with one attached hydrogen (secondary N) is 1. The number of halogens is 1. The van der Waals surface area contributed by atoms with Crippen LogP contribution >= 0.6 is 0 Å². The maximum Gasteiger partial charge on any atom is 0.261 e. The second kappa shape index (κ2) is 11.2. The van der Waals surface area contributed by atoms with Gasteiger partial charge in [-0.2, -0.15) is 0 Å². The van der Waals surface area contributed by atoms with Crippen LogP contribution in [0, 0.1) is 5.82 Å². The molecule has 0 aliphatic carbocycles. The van der Waals surface area contributed by atoms with Gasteiger partial charge in [-0.05, 0) is 62.2 Å². The quantitative estimate of drug-likeness (QED) is 0.643. The molecule has 0 unspecified atom stereocenters. The Morgan fingerprint density at radius 1 is 1.03 bits per heavy atom. The first-order valence-electron chi connectivity index (χ1n) is 9.95. The standard InChI is InChI=1S/C23H29FN2O4/c1-5-16(2)25-23(28)17(3)26(14-18-6-10-20(29-4)11-7-18)22(27)15-30-21-12-8-19(24)9-13-21/h6-13,16-17H,5,14-15H2,1-4H3,(H,25,28)/t16-,17+/m1/s1. The maximum atomic E-state index is 13.1. The van der Waals surface area contributed by atoms with E-state index >= 15 is 0 Å². The molecule has 0 aromatic heterocycles. The van der Waals surface area contributed by atoms with Gasteiger partial charge in [-0.3, -0.25) is 9.59 Å². The van der Waals surface area contributed by atoms with E-state index in [9.17, 15) is 14.0 Å². The Balaban J connectivity index is 2.14. The minimum Gasteiger partial charge on any atom is -0.497 e. The van der Waals surface area contributed by atoms with Gasteiger partial charge in [0.05, 0.1) is 7.11 Å². The fourth-order valence-corrected chi connectivity index (χ4v) is 2.73. The van der Waals surface area contributed by atoms with Crippen LogP contribution in [0.1, 0.15) is 32.8 Å². The SMILES string of the molecule is CC[C@@H](C)NC(=O)[C@H](C)N(Cc1ccc(OC)cc1)C(=O)COc1ccc(F)cc1. The molecule has 0 spiro atoms. The predicted octanol–water partition coefficient (Wildman–Crippen LogP) is 3.55. The summed E-state index contributed by atoms with van der Waals surface area (Å²) in [7, 11) is 1.58. The number of ether oxygens (including phenoxy) is 2. The van der Waals surface area contributed by atoms with Crippen molar-refractivity contribution in [3.63, 3.8) is 0 Å². The molecule has 7 heteroatoms. The fraction of sp³-hybridized carbons (Fsp3) is 0.391. The molecule has 1 N–H and O–H groups in total. The number of amides is 2. The lowest BCUT2D eigenvalue weighted by Crippen LogP contribution is -2.50. The van der Waals surface area contributed by atoms with E-state index in [2.05, 4.69) is 5.32 Å². The second-order valence-corrected chi connectivity index (χ2v) is 7.11. The number of methoxy groups -OCH3 is 1. The average Bonchev–Trinajstić information content (AvgIpc) is 2.76. The molecule has 0 aliphatic rings. The highest BCUT2D eigenvalue weighted by Crippen LogP contribution is 2.16. The molecular formula is C23H29FN2O4. The first-order chi connectivity index (χ1) is 14.3. The van der Waals surface area contributed by atoms with E-state index in [4.69, 9.17) is 9.47 Å². The lowest BCUT2D eigenvalue weighted by molar-refractivity contribution is -0.142. The maximum absolute atomic E-state index is 13.1. The van der Waals surface area contributed by atoms with E-state index in [-0.39, 0.29) is 36.8 Å². The van der Waals surface area contributed by atoms with Crippen molar-refractivity contribution in [1.29, 1.82) is 0 Å². The highest BCUT2D eigenvalue weighted by Gasteiger charge is 2.27. The van der Waals surface area contributed by atoms with Crippen LogP contribution in [0.15, 0.2) is 48.5 Å². The average molecular weight is 416 g/mol. The van der Waals surface area contributed by atoms with Gasteiger partial charge in [0.25, 0.3) is 5.91 Å². The topological polar surface area (TPSA) is 67.9 Å². The number of hydrogen-bond acceptors (Lipinski definition) is 4. The van der Waals surface area contributed by atoms with E-state index in [1.165, 1.54) is 29.2 Å². The van der Waals surface area contributed by atoms with Crippen LogP contribution in [0.2, 0.25) is 0 Å². The van der Waals surface area contributed by atoms with Gasteiger partial charge >= 0.3 is 0 Å². The van der Waals surface area contributed by atoms with Crippen LogP contribution in [-0.4, -0.2) is 42.5 Å². The molecule has 2 aromatic rings. The molecule has 162 valence electrons. The third kappa shape index (κ3) is 6.76. The minimum absolute atomic E-state index is 0.00773. The van der Waals surface area contributed by atoms with Crippen molar-refractivity contribution in [2.24, 2.45) is 0 Å². The van der Waals surface area contributed by atoms with Crippen LogP contribution in [0.5, 0.6) is 11.5 Å². The molecule has 0 aliphatic heterocycles. The van der Waals surface area contributed by atoms with Crippen LogP contribution in [0.25, 0.3) is 0 Å². The lowest BCUT2D eigenvalue weighted by atomic mass is 10.1. The molecule has 0 saturated heterocycles. The molecule has 2 atom stereocenters. The van der Waals surface area contributed by atoms with Crippen LogP contribution in [-0.2, 0) is 16.1 Å². The zero-order valence-electron chi connectivity index (χ0n) is 17.9. The molecule has 6 nitrogen and oxygen atoms in total. The number of carbonyl (C=O) groups excluding carboxylic acids is 2. The molecule has 2 amide bonds. The number of rotatable bonds is 10. The van der Waals surface area contributed by atoms with Gasteiger partial charge in [0.15, 0.2) is 6.61 Å². The molecule has 0 bridgehead atoms. The fourth-order valence-electron chi connectivity index (χ4n) is 2.73. The van der Waals surface area contributed by atoms with Gasteiger partial charge in [0, 0.05) is 12.6 Å². The monoisotopic (exact) mass is 416 g/mol. The summed E-state index contributed by atoms with van der Waals surface area (Å²) in [5.74, 6) is 0.129. The first-order valence-corrected chi connectivity index (χ1v) is 9.95. The Kier molecular flexibility index (Phi) is 8.65. The summed E-state index contributed by atoms with van der Waals surface area (Å²) in [6.45, 7) is 5.56. The third-order valence-electron chi connectivity index (χ3n) is 4.86. The van der Waals surface area contributed by atoms with Gasteiger partial charge in [-0.1, -0.05) is 19.1 Å². The summed E-state index contributed by atoms with van der Waals surface area (Å²) in [6.07, 6.45) is 0.790. The number of nitrogens with zero attached hydrogens (tertiary/aromatic N) is 1. The number of benzene rings is 2. The lowest BCUT2D eigenvalue weighted by Gasteiger charge is -2.29. The van der Waals surface area contributed by atoms with E-state index in [0.29, 0.717) is 11.5 Å². The minimum atomic E-state index is -0.689. The summed E-state index contributed by atoms with van der Waals surface area (Å²) in [6, 6.07) is 12.0. The van der Waals surface area contributed by atoms with E-state index in [0.717, 1.165) is 12.0 Å². The molecular weight excluding hydrogens is 387 g/mol. The van der Waals surface area contributed by atoms with E-state index < -0.39 is 6.04 Å². The third-order valence-corrected chi connectivity index (χ3v) is 4.86. The summed E-state index contributed by atoms with van der Waals surface area (Å²) < 4.78 is 23.7. The van der Waals surface area contributed by atoms with Gasteiger partial charge in [0.2, 0.25) is 5.91 Å². The molecule has 0 fully saturated rings. The second-order valence-electron chi connectivity index (χ2n) is 7.11. The highest BCUT2D eigenvalue weighted by molar-refractivity contribution is 5.88. The smallest absolute Gasteiger partial charge is 0.261 e. The van der Waals surface area contributed by atoms with E-state index in [1.807, 2.05) is 26.0 Å². The van der Waals surface area contributed by atoms with Gasteiger partial charge in [-0.15, -0.1) is 0 Å². The summed E-state index contributed by atoms with van der Waals surface area (Å²) in [5.41, 5.74) is 0.856. The largest absolute Gasteiger partial charge is 0.497 e. The normalized spacial score (nSPS) is 12.6. The summed E-state index contributed by atoms with van der Waals surface area (Å²) in [5, 5.41) is 2.91. The van der Waals surface area contributed by atoms with Crippen LogP contribution in [0.4, 0.5) is 4.39 Å². The summed E-state index contributed by atoms with van der Waals surface area (Å²) in [4.78, 5) is 27.1.